The molecule has 2 nitrogen and oxygen atoms in total. The Hall–Kier alpha value is -0.300. The number of hydrogen-bond donors (Lipinski definition) is 1. The summed E-state index contributed by atoms with van der Waals surface area (Å²) in [4.78, 5) is 13.4. The van der Waals surface area contributed by atoms with E-state index in [1.165, 1.54) is 16.2 Å². The van der Waals surface area contributed by atoms with Crippen molar-refractivity contribution in [2.24, 2.45) is 0 Å². The first-order valence-electron chi connectivity index (χ1n) is 4.32. The van der Waals surface area contributed by atoms with E-state index in [1.54, 1.807) is 29.2 Å². The first-order chi connectivity index (χ1) is 7.65. The number of rotatable bonds is 4. The molecule has 0 aliphatic carbocycles. The van der Waals surface area contributed by atoms with E-state index in [-0.39, 0.29) is 0 Å². The third-order valence-electron chi connectivity index (χ3n) is 1.79. The molecule has 0 fully saturated rings. The van der Waals surface area contributed by atoms with Crippen molar-refractivity contribution in [1.29, 1.82) is 0 Å². The molecular weight excluding hydrogens is 328 g/mol. The molecule has 0 bridgehead atoms. The second-order valence-electron chi connectivity index (χ2n) is 2.97. The van der Waals surface area contributed by atoms with E-state index in [1.807, 2.05) is 10.8 Å². The molecule has 0 unspecified atom stereocenters. The Morgan fingerprint density at radius 3 is 2.75 bits per heavy atom. The Balaban J connectivity index is 1.97. The monoisotopic (exact) mass is 334 g/mol. The second-order valence-corrected chi connectivity index (χ2v) is 6.84. The maximum absolute atomic E-state index is 10.7. The van der Waals surface area contributed by atoms with E-state index >= 15 is 0 Å². The summed E-state index contributed by atoms with van der Waals surface area (Å²) in [7, 11) is 0. The lowest BCUT2D eigenvalue weighted by Crippen LogP contribution is -1.89. The summed E-state index contributed by atoms with van der Waals surface area (Å²) in [6, 6.07) is 3.81. The molecule has 0 saturated carbocycles. The third kappa shape index (κ3) is 3.10. The van der Waals surface area contributed by atoms with Crippen molar-refractivity contribution in [1.82, 2.24) is 0 Å². The van der Waals surface area contributed by atoms with Crippen LogP contribution in [0.5, 0.6) is 0 Å². The lowest BCUT2D eigenvalue weighted by molar-refractivity contribution is 0.0702. The van der Waals surface area contributed by atoms with E-state index in [0.29, 0.717) is 4.88 Å². The molecule has 6 heteroatoms. The molecule has 0 aliphatic heterocycles. The maximum Gasteiger partial charge on any atom is 0.345 e. The molecule has 2 heterocycles. The molecule has 2 aromatic rings. The van der Waals surface area contributed by atoms with Crippen LogP contribution in [0.2, 0.25) is 0 Å². The first-order valence-corrected chi connectivity index (χ1v) is 7.86. The number of carboxylic acids is 1. The van der Waals surface area contributed by atoms with Gasteiger partial charge in [0.25, 0.3) is 0 Å². The summed E-state index contributed by atoms with van der Waals surface area (Å²) in [5, 5.41) is 12.7. The summed E-state index contributed by atoms with van der Waals surface area (Å²) >= 11 is 8.04. The number of aromatic carboxylic acids is 1. The lowest BCUT2D eigenvalue weighted by atomic mass is 10.5. The van der Waals surface area contributed by atoms with Crippen molar-refractivity contribution in [2.45, 2.75) is 10.6 Å². The van der Waals surface area contributed by atoms with Crippen molar-refractivity contribution in [3.63, 3.8) is 0 Å². The standard InChI is InChI=1S/C10H7BrO2S3/c11-6-1-7(14-3-6)4-15-8-2-9(10(12)13)16-5-8/h1-3,5H,4H2,(H,12,13). The van der Waals surface area contributed by atoms with Crippen molar-refractivity contribution in [2.75, 3.05) is 0 Å². The number of halogens is 1. The van der Waals surface area contributed by atoms with Gasteiger partial charge in [-0.15, -0.1) is 34.4 Å². The number of thiophene rings is 2. The molecule has 0 radical (unpaired) electrons. The van der Waals surface area contributed by atoms with E-state index in [0.717, 1.165) is 15.1 Å². The van der Waals surface area contributed by atoms with Gasteiger partial charge in [0, 0.05) is 30.8 Å². The highest BCUT2D eigenvalue weighted by molar-refractivity contribution is 9.10. The summed E-state index contributed by atoms with van der Waals surface area (Å²) < 4.78 is 1.10. The van der Waals surface area contributed by atoms with Crippen LogP contribution < -0.4 is 0 Å². The van der Waals surface area contributed by atoms with Gasteiger partial charge in [-0.05, 0) is 28.1 Å². The van der Waals surface area contributed by atoms with Crippen molar-refractivity contribution >= 4 is 56.3 Å². The third-order valence-corrected chi connectivity index (χ3v) is 5.76. The molecule has 2 aromatic heterocycles. The summed E-state index contributed by atoms with van der Waals surface area (Å²) in [5.41, 5.74) is 0. The molecule has 0 aliphatic rings. The quantitative estimate of drug-likeness (QED) is 0.832. The van der Waals surface area contributed by atoms with E-state index in [9.17, 15) is 4.79 Å². The average molecular weight is 335 g/mol. The number of carboxylic acid groups (broad SMARTS) is 1. The van der Waals surface area contributed by atoms with Gasteiger partial charge < -0.3 is 5.11 Å². The normalized spacial score (nSPS) is 10.6. The number of hydrogen-bond acceptors (Lipinski definition) is 4. The minimum atomic E-state index is -0.851. The van der Waals surface area contributed by atoms with Crippen molar-refractivity contribution < 1.29 is 9.90 Å². The topological polar surface area (TPSA) is 37.3 Å². The summed E-state index contributed by atoms with van der Waals surface area (Å²) in [5.74, 6) is 0.0298. The van der Waals surface area contributed by atoms with E-state index in [2.05, 4.69) is 22.0 Å². The van der Waals surface area contributed by atoms with Crippen LogP contribution in [0.3, 0.4) is 0 Å². The zero-order valence-corrected chi connectivity index (χ0v) is 12.0. The Kier molecular flexibility index (Phi) is 4.07. The van der Waals surface area contributed by atoms with Crippen LogP contribution >= 0.6 is 50.4 Å². The highest BCUT2D eigenvalue weighted by Crippen LogP contribution is 2.30. The van der Waals surface area contributed by atoms with Gasteiger partial charge in [-0.2, -0.15) is 0 Å². The van der Waals surface area contributed by atoms with Crippen LogP contribution in [0.15, 0.2) is 32.3 Å². The zero-order chi connectivity index (χ0) is 11.5. The fourth-order valence-corrected chi connectivity index (χ4v) is 4.47. The highest BCUT2D eigenvalue weighted by Gasteiger charge is 2.07. The van der Waals surface area contributed by atoms with Gasteiger partial charge in [0.05, 0.1) is 0 Å². The number of thioether (sulfide) groups is 1. The summed E-state index contributed by atoms with van der Waals surface area (Å²) in [6.07, 6.45) is 0. The minimum Gasteiger partial charge on any atom is -0.477 e. The molecule has 0 aromatic carbocycles. The van der Waals surface area contributed by atoms with Gasteiger partial charge in [-0.3, -0.25) is 0 Å². The van der Waals surface area contributed by atoms with Crippen LogP contribution in [0.25, 0.3) is 0 Å². The van der Waals surface area contributed by atoms with Crippen LogP contribution in [0, 0.1) is 0 Å². The molecule has 84 valence electrons. The number of carbonyl (C=O) groups is 1. The minimum absolute atomic E-state index is 0.398. The van der Waals surface area contributed by atoms with Crippen LogP contribution in [0.4, 0.5) is 0 Å². The largest absolute Gasteiger partial charge is 0.477 e. The fourth-order valence-electron chi connectivity index (χ4n) is 1.09. The SMILES string of the molecule is O=C(O)c1cc(SCc2cc(Br)cs2)cs1. The van der Waals surface area contributed by atoms with Gasteiger partial charge in [0.2, 0.25) is 0 Å². The second kappa shape index (κ2) is 5.35. The first kappa shape index (κ1) is 12.2. The Morgan fingerprint density at radius 2 is 2.19 bits per heavy atom. The predicted octanol–water partition coefficient (Wildman–Crippen LogP) is 4.56. The van der Waals surface area contributed by atoms with Gasteiger partial charge >= 0.3 is 5.97 Å². The molecule has 0 atom stereocenters. The van der Waals surface area contributed by atoms with Crippen molar-refractivity contribution in [3.05, 3.63) is 37.1 Å². The molecule has 16 heavy (non-hydrogen) atoms. The van der Waals surface area contributed by atoms with Gasteiger partial charge in [-0.25, -0.2) is 4.79 Å². The Morgan fingerprint density at radius 1 is 1.38 bits per heavy atom. The van der Waals surface area contributed by atoms with Gasteiger partial charge in [-0.1, -0.05) is 0 Å². The lowest BCUT2D eigenvalue weighted by Gasteiger charge is -1.94. The highest BCUT2D eigenvalue weighted by atomic mass is 79.9. The Bertz CT molecular complexity index is 504. The molecule has 0 amide bonds. The Labute approximate surface area is 113 Å². The summed E-state index contributed by atoms with van der Waals surface area (Å²) in [6.45, 7) is 0. The van der Waals surface area contributed by atoms with Crippen molar-refractivity contribution in [3.8, 4) is 0 Å². The average Bonchev–Trinajstić information content (AvgIpc) is 2.83. The van der Waals surface area contributed by atoms with Gasteiger partial charge in [0.1, 0.15) is 4.88 Å². The fraction of sp³-hybridized carbons (Fsp3) is 0.100. The smallest absolute Gasteiger partial charge is 0.345 e. The molecule has 1 N–H and O–H groups in total. The molecular formula is C10H7BrO2S3. The van der Waals surface area contributed by atoms with E-state index < -0.39 is 5.97 Å². The maximum atomic E-state index is 10.7. The molecule has 0 spiro atoms. The van der Waals surface area contributed by atoms with Crippen LogP contribution in [-0.2, 0) is 5.75 Å². The molecule has 2 rings (SSSR count). The zero-order valence-electron chi connectivity index (χ0n) is 7.97. The van der Waals surface area contributed by atoms with E-state index in [4.69, 9.17) is 5.11 Å². The van der Waals surface area contributed by atoms with Crippen LogP contribution in [0.1, 0.15) is 14.5 Å². The predicted molar refractivity (Wildman–Crippen MR) is 72.9 cm³/mol. The van der Waals surface area contributed by atoms with Gasteiger partial charge in [0.15, 0.2) is 0 Å². The van der Waals surface area contributed by atoms with Crippen LogP contribution in [-0.4, -0.2) is 11.1 Å². The molecule has 0 saturated heterocycles.